The van der Waals surface area contributed by atoms with E-state index in [4.69, 9.17) is 4.74 Å². The highest BCUT2D eigenvalue weighted by atomic mass is 19.1. The van der Waals surface area contributed by atoms with Gasteiger partial charge in [-0.25, -0.2) is 27.9 Å². The molecule has 0 aliphatic heterocycles. The number of carbonyl (C=O) groups excluding carboxylic acids is 1. The first kappa shape index (κ1) is 22.0. The van der Waals surface area contributed by atoms with Gasteiger partial charge < -0.3 is 4.74 Å². The molecule has 0 radical (unpaired) electrons. The summed E-state index contributed by atoms with van der Waals surface area (Å²) in [7, 11) is 0. The van der Waals surface area contributed by atoms with Crippen LogP contribution in [0.4, 0.5) is 8.78 Å². The lowest BCUT2D eigenvalue weighted by Gasteiger charge is -2.07. The molecule has 5 aromatic rings. The van der Waals surface area contributed by atoms with E-state index in [9.17, 15) is 13.6 Å². The Balaban J connectivity index is 1.30. The van der Waals surface area contributed by atoms with Crippen LogP contribution in [0.5, 0.6) is 6.01 Å². The average molecular weight is 473 g/mol. The van der Waals surface area contributed by atoms with Crippen LogP contribution >= 0.6 is 0 Å². The number of rotatable bonds is 7. The van der Waals surface area contributed by atoms with E-state index in [1.807, 2.05) is 0 Å². The Morgan fingerprint density at radius 3 is 2.37 bits per heavy atom. The molecular weight excluding hydrogens is 456 g/mol. The summed E-state index contributed by atoms with van der Waals surface area (Å²) in [5.41, 5.74) is 1.98. The van der Waals surface area contributed by atoms with Gasteiger partial charge in [0.2, 0.25) is 0 Å². The molecule has 35 heavy (non-hydrogen) atoms. The normalized spacial score (nSPS) is 10.9. The maximum absolute atomic E-state index is 13.5. The van der Waals surface area contributed by atoms with Crippen LogP contribution in [-0.4, -0.2) is 40.5 Å². The lowest BCUT2D eigenvalue weighted by molar-refractivity contribution is 0.0719. The molecule has 0 unspecified atom stereocenters. The Kier molecular flexibility index (Phi) is 6.03. The molecule has 0 fully saturated rings. The average Bonchev–Trinajstić information content (AvgIpc) is 3.48. The minimum Gasteiger partial charge on any atom is -0.386 e. The lowest BCUT2D eigenvalue weighted by atomic mass is 10.2. The van der Waals surface area contributed by atoms with Crippen molar-refractivity contribution in [2.75, 3.05) is 0 Å². The molecule has 11 heteroatoms. The first-order valence-electron chi connectivity index (χ1n) is 10.5. The molecule has 3 aromatic heterocycles. The van der Waals surface area contributed by atoms with Gasteiger partial charge in [-0.2, -0.15) is 10.1 Å². The number of benzene rings is 2. The van der Waals surface area contributed by atoms with E-state index >= 15 is 0 Å². The number of hydrogen-bond donors (Lipinski definition) is 0. The van der Waals surface area contributed by atoms with Gasteiger partial charge in [-0.05, 0) is 47.5 Å². The zero-order valence-electron chi connectivity index (χ0n) is 18.1. The molecule has 0 saturated heterocycles. The van der Waals surface area contributed by atoms with Crippen molar-refractivity contribution in [2.45, 2.75) is 13.1 Å². The van der Waals surface area contributed by atoms with Crippen molar-refractivity contribution >= 4 is 5.97 Å². The number of aromatic nitrogens is 7. The van der Waals surface area contributed by atoms with Gasteiger partial charge in [0, 0.05) is 6.20 Å². The van der Waals surface area contributed by atoms with Gasteiger partial charge in [-0.3, -0.25) is 4.98 Å². The molecule has 0 aliphatic carbocycles. The van der Waals surface area contributed by atoms with E-state index in [1.165, 1.54) is 59.9 Å². The van der Waals surface area contributed by atoms with Crippen LogP contribution in [0.25, 0.3) is 11.5 Å². The van der Waals surface area contributed by atoms with Crippen molar-refractivity contribution in [3.8, 4) is 17.5 Å². The second kappa shape index (κ2) is 9.59. The summed E-state index contributed by atoms with van der Waals surface area (Å²) in [6, 6.07) is 15.1. The molecule has 5 rings (SSSR count). The summed E-state index contributed by atoms with van der Waals surface area (Å²) in [6.45, 7) is 0.540. The van der Waals surface area contributed by atoms with Crippen LogP contribution in [0.2, 0.25) is 0 Å². The number of ether oxygens (including phenoxy) is 1. The van der Waals surface area contributed by atoms with E-state index in [1.54, 1.807) is 28.9 Å². The topological polar surface area (TPSA) is 101 Å². The highest BCUT2D eigenvalue weighted by molar-refractivity contribution is 5.91. The molecule has 3 heterocycles. The van der Waals surface area contributed by atoms with Gasteiger partial charge in [0.1, 0.15) is 30.0 Å². The van der Waals surface area contributed by atoms with E-state index in [2.05, 4.69) is 25.1 Å². The Morgan fingerprint density at radius 2 is 1.63 bits per heavy atom. The van der Waals surface area contributed by atoms with Gasteiger partial charge in [-0.1, -0.05) is 24.3 Å². The summed E-state index contributed by atoms with van der Waals surface area (Å²) in [5.74, 6) is -0.983. The van der Waals surface area contributed by atoms with Gasteiger partial charge in [-0.15, -0.1) is 5.10 Å². The van der Waals surface area contributed by atoms with Crippen LogP contribution in [-0.2, 0) is 13.1 Å². The standard InChI is InChI=1S/C24H17F2N7O2/c25-19-5-1-3-16(9-19)12-32-15-29-24(31-32)35-23(34)18-7-8-27-21(11-18)22-28-14-30-33(22)13-17-4-2-6-20(26)10-17/h1-11,14-15H,12-13H2. The van der Waals surface area contributed by atoms with Gasteiger partial charge in [0.15, 0.2) is 5.82 Å². The van der Waals surface area contributed by atoms with Crippen LogP contribution in [0, 0.1) is 11.6 Å². The van der Waals surface area contributed by atoms with Crippen molar-refractivity contribution in [3.05, 3.63) is 108 Å². The summed E-state index contributed by atoms with van der Waals surface area (Å²) < 4.78 is 35.2. The minimum absolute atomic E-state index is 0.140. The zero-order chi connectivity index (χ0) is 24.2. The summed E-state index contributed by atoms with van der Waals surface area (Å²) in [5, 5.41) is 8.29. The number of pyridine rings is 1. The molecule has 2 aromatic carbocycles. The maximum atomic E-state index is 13.5. The number of carbonyl (C=O) groups is 1. The van der Waals surface area contributed by atoms with E-state index in [0.717, 1.165) is 0 Å². The minimum atomic E-state index is -0.687. The maximum Gasteiger partial charge on any atom is 0.346 e. The smallest absolute Gasteiger partial charge is 0.346 e. The molecule has 0 amide bonds. The Bertz CT molecular complexity index is 1500. The fourth-order valence-corrected chi connectivity index (χ4v) is 3.43. The predicted molar refractivity (Wildman–Crippen MR) is 119 cm³/mol. The van der Waals surface area contributed by atoms with Crippen molar-refractivity contribution in [3.63, 3.8) is 0 Å². The van der Waals surface area contributed by atoms with E-state index in [0.29, 0.717) is 22.6 Å². The third-order valence-corrected chi connectivity index (χ3v) is 4.99. The number of halogens is 2. The number of nitrogens with zero attached hydrogens (tertiary/aromatic N) is 7. The first-order valence-corrected chi connectivity index (χ1v) is 10.5. The van der Waals surface area contributed by atoms with Crippen molar-refractivity contribution in [1.29, 1.82) is 0 Å². The highest BCUT2D eigenvalue weighted by Gasteiger charge is 2.16. The lowest BCUT2D eigenvalue weighted by Crippen LogP contribution is -2.11. The molecule has 9 nitrogen and oxygen atoms in total. The summed E-state index contributed by atoms with van der Waals surface area (Å²) >= 11 is 0. The fraction of sp³-hybridized carbons (Fsp3) is 0.0833. The largest absolute Gasteiger partial charge is 0.386 e. The van der Waals surface area contributed by atoms with E-state index < -0.39 is 5.97 Å². The van der Waals surface area contributed by atoms with Gasteiger partial charge in [0.05, 0.1) is 18.7 Å². The van der Waals surface area contributed by atoms with E-state index in [-0.39, 0.29) is 36.3 Å². The Labute approximate surface area is 197 Å². The second-order valence-corrected chi connectivity index (χ2v) is 7.55. The third kappa shape index (κ3) is 5.24. The van der Waals surface area contributed by atoms with Crippen molar-refractivity contribution < 1.29 is 18.3 Å². The summed E-state index contributed by atoms with van der Waals surface area (Å²) in [6.07, 6.45) is 4.19. The van der Waals surface area contributed by atoms with Crippen LogP contribution < -0.4 is 4.74 Å². The molecular formula is C24H17F2N7O2. The number of esters is 1. The van der Waals surface area contributed by atoms with Crippen molar-refractivity contribution in [1.82, 2.24) is 34.5 Å². The summed E-state index contributed by atoms with van der Waals surface area (Å²) in [4.78, 5) is 25.2. The highest BCUT2D eigenvalue weighted by Crippen LogP contribution is 2.18. The Morgan fingerprint density at radius 1 is 0.886 bits per heavy atom. The van der Waals surface area contributed by atoms with Gasteiger partial charge >= 0.3 is 12.0 Å². The quantitative estimate of drug-likeness (QED) is 0.333. The van der Waals surface area contributed by atoms with Gasteiger partial charge in [0.25, 0.3) is 0 Å². The monoisotopic (exact) mass is 473 g/mol. The Hall–Kier alpha value is -4.80. The predicted octanol–water partition coefficient (Wildman–Crippen LogP) is 3.53. The SMILES string of the molecule is O=C(Oc1ncn(Cc2cccc(F)c2)n1)c1ccnc(-c2ncnn2Cc2cccc(F)c2)c1. The van der Waals surface area contributed by atoms with Crippen LogP contribution in [0.15, 0.2) is 79.5 Å². The third-order valence-electron chi connectivity index (χ3n) is 4.99. The second-order valence-electron chi connectivity index (χ2n) is 7.55. The molecule has 0 saturated carbocycles. The molecule has 174 valence electrons. The van der Waals surface area contributed by atoms with Crippen molar-refractivity contribution in [2.24, 2.45) is 0 Å². The fourth-order valence-electron chi connectivity index (χ4n) is 3.43. The zero-order valence-corrected chi connectivity index (χ0v) is 18.1. The molecule has 0 aliphatic rings. The van der Waals surface area contributed by atoms with Crippen LogP contribution in [0.3, 0.4) is 0 Å². The number of hydrogen-bond acceptors (Lipinski definition) is 7. The first-order chi connectivity index (χ1) is 17.0. The molecule has 0 bridgehead atoms. The molecule has 0 atom stereocenters. The molecule has 0 spiro atoms. The van der Waals surface area contributed by atoms with Crippen LogP contribution in [0.1, 0.15) is 21.5 Å². The molecule has 0 N–H and O–H groups in total.